The Morgan fingerprint density at radius 3 is 2.36 bits per heavy atom. The molecule has 1 unspecified atom stereocenters. The summed E-state index contributed by atoms with van der Waals surface area (Å²) in [5, 5.41) is 123. The van der Waals surface area contributed by atoms with E-state index in [2.05, 4.69) is 17.6 Å². The molecule has 0 aromatic rings. The maximum absolute atomic E-state index is 16.3. The molecular weight excluding hydrogens is 963 g/mol. The molecule has 8 fully saturated rings. The van der Waals surface area contributed by atoms with Gasteiger partial charge in [-0.15, -0.1) is 0 Å². The van der Waals surface area contributed by atoms with Gasteiger partial charge < -0.3 is 67.1 Å². The Hall–Kier alpha value is -2.21. The van der Waals surface area contributed by atoms with E-state index in [9.17, 15) is 46.0 Å². The fourth-order valence-electron chi connectivity index (χ4n) is 20.3. The molecule has 1 spiro atoms. The number of carbonyl (C=O) groups is 1. The minimum Gasteiger partial charge on any atom is -0.396 e. The number of fused-ring (bicyclic) bond motifs is 5. The fraction of sp³-hybridized carbons (Fsp3) is 0.855. The molecule has 0 aromatic carbocycles. The number of aliphatic hydroxyl groups excluding tert-OH is 5. The third-order valence-corrected chi connectivity index (χ3v) is 23.6. The van der Waals surface area contributed by atoms with Crippen LogP contribution in [0.2, 0.25) is 0 Å². The Balaban J connectivity index is 1.10. The zero-order chi connectivity index (χ0) is 53.6. The highest BCUT2D eigenvalue weighted by Gasteiger charge is 2.80. The first-order valence-corrected chi connectivity index (χ1v) is 30.9. The van der Waals surface area contributed by atoms with Crippen LogP contribution in [0, 0.1) is 64.1 Å². The topological polar surface area (TPSA) is 258 Å². The Morgan fingerprint density at radius 2 is 1.62 bits per heavy atom. The summed E-state index contributed by atoms with van der Waals surface area (Å²) in [6.07, 6.45) is 20.4. The van der Waals surface area contributed by atoms with Crippen molar-refractivity contribution in [1.29, 1.82) is 0 Å². The smallest absolute Gasteiger partial charge is 0.182 e. The van der Waals surface area contributed by atoms with Crippen LogP contribution >= 0.6 is 0 Å². The number of hydrogen-bond donors (Lipinski definition) is 12. The SMILES string of the molecule is CCC[C@@H]1CC[C@H]2[C@H]3[C@@H](O[C@@H]2CC1)[C@@](O)([C@](C)(O)[C@H]1CC[C@@]2(O)C4=C(NC[C@H](O)C5CCCCC5)C(=O)[C@@H]5C[C@@H](O)[C@@H](O)C[C@@]56C[C@H](C5=C(CCCO)NC(N)C=C5)C=C[C@@](O)(C[C@]12C1CCCCC1)[C@@H]46)CCC[C@@H]3O. The van der Waals surface area contributed by atoms with E-state index < -0.39 is 93.6 Å². The van der Waals surface area contributed by atoms with Gasteiger partial charge in [-0.25, -0.2) is 0 Å². The minimum absolute atomic E-state index is 0.00915. The van der Waals surface area contributed by atoms with Crippen molar-refractivity contribution in [2.45, 2.75) is 252 Å². The van der Waals surface area contributed by atoms with Gasteiger partial charge in [0.25, 0.3) is 0 Å². The number of dihydropyridines is 1. The monoisotopic (exact) mass is 1060 g/mol. The maximum atomic E-state index is 16.3. The Labute approximate surface area is 452 Å². The molecule has 2 heterocycles. The summed E-state index contributed by atoms with van der Waals surface area (Å²) < 4.78 is 7.18. The third kappa shape index (κ3) is 8.84. The Kier molecular flexibility index (Phi) is 15.6. The van der Waals surface area contributed by atoms with Crippen LogP contribution in [0.5, 0.6) is 0 Å². The van der Waals surface area contributed by atoms with E-state index >= 15 is 4.79 Å². The number of nitrogens with one attached hydrogen (secondary N) is 2. The van der Waals surface area contributed by atoms with E-state index in [1.807, 2.05) is 24.3 Å². The van der Waals surface area contributed by atoms with Crippen LogP contribution in [-0.4, -0.2) is 130 Å². The van der Waals surface area contributed by atoms with Gasteiger partial charge in [0.1, 0.15) is 5.60 Å². The molecule has 0 radical (unpaired) electrons. The van der Waals surface area contributed by atoms with Gasteiger partial charge in [0.15, 0.2) is 5.78 Å². The predicted molar refractivity (Wildman–Crippen MR) is 288 cm³/mol. The van der Waals surface area contributed by atoms with E-state index in [1.165, 1.54) is 0 Å². The molecule has 426 valence electrons. The van der Waals surface area contributed by atoms with Crippen molar-refractivity contribution >= 4 is 5.78 Å². The number of aliphatic hydroxyl groups is 9. The number of hydrogen-bond acceptors (Lipinski definition) is 14. The van der Waals surface area contributed by atoms with Crippen LogP contribution in [0.1, 0.15) is 187 Å². The van der Waals surface area contributed by atoms with Crippen molar-refractivity contribution in [1.82, 2.24) is 10.6 Å². The van der Waals surface area contributed by atoms with Crippen molar-refractivity contribution in [3.8, 4) is 0 Å². The first-order chi connectivity index (χ1) is 36.4. The molecule has 7 saturated carbocycles. The second-order valence-corrected chi connectivity index (χ2v) is 27.4. The highest BCUT2D eigenvalue weighted by Crippen LogP contribution is 2.77. The first kappa shape index (κ1) is 55.7. The normalized spacial score (nSPS) is 47.1. The van der Waals surface area contributed by atoms with Gasteiger partial charge in [0.2, 0.25) is 0 Å². The van der Waals surface area contributed by atoms with E-state index in [0.29, 0.717) is 56.4 Å². The fourth-order valence-corrected chi connectivity index (χ4v) is 20.3. The molecule has 14 nitrogen and oxygen atoms in total. The summed E-state index contributed by atoms with van der Waals surface area (Å²) in [5.74, 6) is -3.31. The largest absolute Gasteiger partial charge is 0.396 e. The van der Waals surface area contributed by atoms with Crippen LogP contribution in [0.15, 0.2) is 46.8 Å². The minimum atomic E-state index is -1.92. The van der Waals surface area contributed by atoms with Crippen LogP contribution < -0.4 is 16.4 Å². The Morgan fingerprint density at radius 1 is 0.882 bits per heavy atom. The van der Waals surface area contributed by atoms with E-state index in [0.717, 1.165) is 101 Å². The molecule has 0 aromatic heterocycles. The molecule has 14 heteroatoms. The summed E-state index contributed by atoms with van der Waals surface area (Å²) in [6, 6.07) is 0. The lowest BCUT2D eigenvalue weighted by atomic mass is 9.37. The number of Topliss-reactive ketones (excluding diaryl/α,β-unsaturated/α-hetero) is 1. The molecule has 0 bridgehead atoms. The van der Waals surface area contributed by atoms with Crippen molar-refractivity contribution in [2.75, 3.05) is 13.2 Å². The van der Waals surface area contributed by atoms with E-state index in [-0.39, 0.29) is 92.9 Å². The summed E-state index contributed by atoms with van der Waals surface area (Å²) in [4.78, 5) is 16.3. The average Bonchev–Trinajstić information content (AvgIpc) is 3.98. The quantitative estimate of drug-likeness (QED) is 0.0947. The molecule has 1 saturated heterocycles. The van der Waals surface area contributed by atoms with Crippen LogP contribution in [0.25, 0.3) is 0 Å². The van der Waals surface area contributed by atoms with Gasteiger partial charge in [-0.05, 0) is 175 Å². The van der Waals surface area contributed by atoms with Crippen molar-refractivity contribution < 1.29 is 55.5 Å². The molecule has 0 amide bonds. The van der Waals surface area contributed by atoms with Gasteiger partial charge in [-0.3, -0.25) is 4.79 Å². The molecule has 2 aliphatic heterocycles. The standard InChI is InChI=1S/C62H97N3O11/c1-3-12-36-19-21-41-48(23-20-36)76-56-51(41)44(67)18-10-27-62(56,75)57(2,72)49-26-29-61(74)52-53(64-34-47(70)37-13-6-4-7-14-37)54(71)42-31-45(68)46(69)33-58(42)32-38(40-22-24-50(63)65-43(40)17-11-30-66)25-28-59(73,55(52)58)35-60(49,61)39-15-8-5-9-16-39/h22,24-25,28,36-39,41-42,44-51,55-56,64-70,72-75H,3-21,23,26-27,29-35,63H2,1-2H3/t36-,38-,41-,42+,44+,45-,46+,47+,48-,49-,50?,51-,55+,56-,57-,58+,59-,60+,61-,62-/m1/s1. The number of rotatable bonds is 13. The van der Waals surface area contributed by atoms with Crippen LogP contribution in [0.3, 0.4) is 0 Å². The van der Waals surface area contributed by atoms with Gasteiger partial charge in [0, 0.05) is 47.9 Å². The molecule has 11 aliphatic rings. The maximum Gasteiger partial charge on any atom is 0.182 e. The summed E-state index contributed by atoms with van der Waals surface area (Å²) in [7, 11) is 0. The molecule has 20 atom stereocenters. The number of carbonyl (C=O) groups excluding carboxylic acids is 1. The van der Waals surface area contributed by atoms with E-state index in [4.69, 9.17) is 10.5 Å². The van der Waals surface area contributed by atoms with Gasteiger partial charge in [-0.2, -0.15) is 0 Å². The highest BCUT2D eigenvalue weighted by atomic mass is 16.5. The summed E-state index contributed by atoms with van der Waals surface area (Å²) in [6.45, 7) is 4.02. The molecular formula is C62H97N3O11. The van der Waals surface area contributed by atoms with Gasteiger partial charge >= 0.3 is 0 Å². The summed E-state index contributed by atoms with van der Waals surface area (Å²) in [5.41, 5.74) is -1.06. The highest BCUT2D eigenvalue weighted by molar-refractivity contribution is 6.00. The zero-order valence-electron chi connectivity index (χ0n) is 46.0. The lowest BCUT2D eigenvalue weighted by Crippen LogP contribution is -2.74. The van der Waals surface area contributed by atoms with Crippen LogP contribution in [-0.2, 0) is 9.53 Å². The molecule has 13 N–H and O–H groups in total. The van der Waals surface area contributed by atoms with Gasteiger partial charge in [0.05, 0.1) is 65.3 Å². The number of nitrogens with two attached hydrogens (primary N) is 1. The second-order valence-electron chi connectivity index (χ2n) is 27.4. The van der Waals surface area contributed by atoms with Crippen LogP contribution in [0.4, 0.5) is 0 Å². The Bertz CT molecular complexity index is 2260. The molecule has 11 rings (SSSR count). The predicted octanol–water partition coefficient (Wildman–Crippen LogP) is 5.99. The number of ketones is 1. The van der Waals surface area contributed by atoms with Crippen molar-refractivity contribution in [3.63, 3.8) is 0 Å². The molecule has 9 aliphatic carbocycles. The molecule has 76 heavy (non-hydrogen) atoms. The lowest BCUT2D eigenvalue weighted by molar-refractivity contribution is -0.276. The first-order valence-electron chi connectivity index (χ1n) is 30.9. The van der Waals surface area contributed by atoms with Crippen molar-refractivity contribution in [2.24, 2.45) is 69.8 Å². The summed E-state index contributed by atoms with van der Waals surface area (Å²) >= 11 is 0. The van der Waals surface area contributed by atoms with Gasteiger partial charge in [-0.1, -0.05) is 82.9 Å². The second kappa shape index (κ2) is 21.3. The lowest BCUT2D eigenvalue weighted by Gasteiger charge is -2.69. The number of ether oxygens (including phenoxy) is 1. The third-order valence-electron chi connectivity index (χ3n) is 23.6. The van der Waals surface area contributed by atoms with Crippen molar-refractivity contribution in [3.05, 3.63) is 46.8 Å². The van der Waals surface area contributed by atoms with E-state index in [1.54, 1.807) is 6.92 Å². The average molecular weight is 1060 g/mol. The number of allylic oxidation sites excluding steroid dienone is 5. The zero-order valence-corrected chi connectivity index (χ0v) is 46.0.